The van der Waals surface area contributed by atoms with Crippen LogP contribution in [0.1, 0.15) is 6.42 Å². The molecule has 0 atom stereocenters. The molecule has 27 heavy (non-hydrogen) atoms. The van der Waals surface area contributed by atoms with Gasteiger partial charge in [0.05, 0.1) is 24.9 Å². The second-order valence-corrected chi connectivity index (χ2v) is 6.04. The fraction of sp³-hybridized carbons (Fsp3) is 0.278. The third kappa shape index (κ3) is 3.48. The minimum atomic E-state index is 0.141. The van der Waals surface area contributed by atoms with Crippen molar-refractivity contribution in [1.29, 1.82) is 0 Å². The lowest BCUT2D eigenvalue weighted by Crippen LogP contribution is -2.02. The smallest absolute Gasteiger partial charge is 0.262 e. The summed E-state index contributed by atoms with van der Waals surface area (Å²) in [6, 6.07) is 5.46. The third-order valence-electron chi connectivity index (χ3n) is 3.98. The van der Waals surface area contributed by atoms with Crippen LogP contribution >= 0.6 is 11.6 Å². The Morgan fingerprint density at radius 1 is 1.19 bits per heavy atom. The number of ether oxygens (including phenoxy) is 4. The first-order chi connectivity index (χ1) is 13.3. The molecule has 0 aliphatic carbocycles. The first-order valence-corrected chi connectivity index (χ1v) is 8.86. The quantitative estimate of drug-likeness (QED) is 0.486. The summed E-state index contributed by atoms with van der Waals surface area (Å²) in [6.45, 7) is 0.643. The maximum Gasteiger partial charge on any atom is 0.262 e. The predicted molar refractivity (Wildman–Crippen MR) is 101 cm³/mol. The van der Waals surface area contributed by atoms with Gasteiger partial charge in [-0.3, -0.25) is 0 Å². The van der Waals surface area contributed by atoms with Crippen LogP contribution in [-0.2, 0) is 0 Å². The van der Waals surface area contributed by atoms with E-state index in [2.05, 4.69) is 20.3 Å². The zero-order valence-electron chi connectivity index (χ0n) is 14.6. The Kier molecular flexibility index (Phi) is 4.97. The van der Waals surface area contributed by atoms with Gasteiger partial charge in [0, 0.05) is 23.5 Å². The Hall–Kier alpha value is -3.00. The van der Waals surface area contributed by atoms with Crippen LogP contribution in [-0.4, -0.2) is 41.3 Å². The number of hydrogen-bond donors (Lipinski definition) is 1. The Balaban J connectivity index is 1.70. The summed E-state index contributed by atoms with van der Waals surface area (Å²) >= 11 is 5.71. The number of pyridine rings is 1. The Bertz CT molecular complexity index is 969. The van der Waals surface area contributed by atoms with Gasteiger partial charge >= 0.3 is 0 Å². The van der Waals surface area contributed by atoms with E-state index in [0.717, 1.165) is 17.3 Å². The van der Waals surface area contributed by atoms with E-state index in [1.54, 1.807) is 19.4 Å². The normalized spacial score (nSPS) is 12.2. The Labute approximate surface area is 160 Å². The van der Waals surface area contributed by atoms with E-state index in [-0.39, 0.29) is 6.79 Å². The van der Waals surface area contributed by atoms with Crippen LogP contribution in [0.3, 0.4) is 0 Å². The number of benzene rings is 1. The van der Waals surface area contributed by atoms with Crippen LogP contribution in [0.2, 0.25) is 0 Å². The summed E-state index contributed by atoms with van der Waals surface area (Å²) in [7, 11) is 1.59. The summed E-state index contributed by atoms with van der Waals surface area (Å²) in [6.07, 6.45) is 3.87. The number of rotatable bonds is 7. The standard InChI is InChI=1S/C18H17ClN4O4/c1-24-14-7-11-13(8-15(14)25-6-2-4-19)21-9-22-17(11)23-12-3-5-20-18-16(12)26-10-27-18/h3,5,7-9H,2,4,6,10H2,1H3,(H,20,21,22,23). The fourth-order valence-corrected chi connectivity index (χ4v) is 2.82. The highest BCUT2D eigenvalue weighted by Crippen LogP contribution is 2.40. The molecule has 0 fully saturated rings. The van der Waals surface area contributed by atoms with Gasteiger partial charge < -0.3 is 24.3 Å². The van der Waals surface area contributed by atoms with Crippen LogP contribution in [0.25, 0.3) is 10.9 Å². The highest BCUT2D eigenvalue weighted by atomic mass is 35.5. The molecule has 0 spiro atoms. The molecule has 8 nitrogen and oxygen atoms in total. The monoisotopic (exact) mass is 388 g/mol. The van der Waals surface area contributed by atoms with Crippen molar-refractivity contribution in [3.8, 4) is 23.1 Å². The highest BCUT2D eigenvalue weighted by Gasteiger charge is 2.20. The minimum Gasteiger partial charge on any atom is -0.493 e. The fourth-order valence-electron chi connectivity index (χ4n) is 2.71. The third-order valence-corrected chi connectivity index (χ3v) is 4.25. The van der Waals surface area contributed by atoms with Gasteiger partial charge in [0.15, 0.2) is 11.5 Å². The topological polar surface area (TPSA) is 87.6 Å². The number of nitrogens with one attached hydrogen (secondary N) is 1. The first-order valence-electron chi connectivity index (χ1n) is 8.33. The molecule has 9 heteroatoms. The molecular weight excluding hydrogens is 372 g/mol. The summed E-state index contributed by atoms with van der Waals surface area (Å²) in [4.78, 5) is 12.8. The molecule has 1 aliphatic heterocycles. The van der Waals surface area contributed by atoms with Crippen LogP contribution in [0, 0.1) is 0 Å². The van der Waals surface area contributed by atoms with Crippen LogP contribution in [0.4, 0.5) is 11.5 Å². The van der Waals surface area contributed by atoms with Crippen molar-refractivity contribution in [2.45, 2.75) is 6.42 Å². The Morgan fingerprint density at radius 2 is 2.11 bits per heavy atom. The van der Waals surface area contributed by atoms with E-state index in [4.69, 9.17) is 30.5 Å². The number of methoxy groups -OCH3 is 1. The van der Waals surface area contributed by atoms with E-state index in [1.807, 2.05) is 12.1 Å². The average Bonchev–Trinajstić information content (AvgIpc) is 3.18. The van der Waals surface area contributed by atoms with Crippen molar-refractivity contribution in [3.63, 3.8) is 0 Å². The molecule has 1 aliphatic rings. The number of hydrogen-bond acceptors (Lipinski definition) is 8. The molecule has 0 unspecified atom stereocenters. The second kappa shape index (κ2) is 7.71. The van der Waals surface area contributed by atoms with E-state index in [9.17, 15) is 0 Å². The molecule has 2 aromatic heterocycles. The SMILES string of the molecule is COc1cc2c(Nc3ccnc4c3OCO4)ncnc2cc1OCCCCl. The molecular formula is C18H17ClN4O4. The summed E-state index contributed by atoms with van der Waals surface area (Å²) in [5.41, 5.74) is 1.43. The van der Waals surface area contributed by atoms with Gasteiger partial charge in [-0.1, -0.05) is 0 Å². The van der Waals surface area contributed by atoms with Crippen molar-refractivity contribution in [2.24, 2.45) is 0 Å². The van der Waals surface area contributed by atoms with Gasteiger partial charge in [0.2, 0.25) is 12.5 Å². The Morgan fingerprint density at radius 3 is 2.96 bits per heavy atom. The molecule has 0 radical (unpaired) electrons. The van der Waals surface area contributed by atoms with Gasteiger partial charge in [0.25, 0.3) is 5.88 Å². The van der Waals surface area contributed by atoms with E-state index in [1.165, 1.54) is 6.33 Å². The van der Waals surface area contributed by atoms with E-state index >= 15 is 0 Å². The second-order valence-electron chi connectivity index (χ2n) is 5.66. The maximum atomic E-state index is 5.76. The number of alkyl halides is 1. The van der Waals surface area contributed by atoms with Gasteiger partial charge in [-0.2, -0.15) is 0 Å². The summed E-state index contributed by atoms with van der Waals surface area (Å²) in [5.74, 6) is 3.35. The van der Waals surface area contributed by atoms with Gasteiger partial charge in [-0.15, -0.1) is 11.6 Å². The van der Waals surface area contributed by atoms with Gasteiger partial charge in [-0.05, 0) is 18.6 Å². The van der Waals surface area contributed by atoms with Crippen LogP contribution in [0.15, 0.2) is 30.7 Å². The lowest BCUT2D eigenvalue weighted by Gasteiger charge is -2.14. The van der Waals surface area contributed by atoms with Crippen molar-refractivity contribution in [2.75, 3.05) is 31.7 Å². The molecule has 0 saturated heterocycles. The molecule has 1 N–H and O–H groups in total. The summed E-state index contributed by atoms with van der Waals surface area (Å²) in [5, 5.41) is 4.04. The number of anilines is 2. The van der Waals surface area contributed by atoms with Crippen molar-refractivity contribution < 1.29 is 18.9 Å². The number of nitrogens with zero attached hydrogens (tertiary/aromatic N) is 3. The van der Waals surface area contributed by atoms with Crippen molar-refractivity contribution in [1.82, 2.24) is 15.0 Å². The molecule has 3 aromatic rings. The summed E-state index contributed by atoms with van der Waals surface area (Å²) < 4.78 is 22.0. The molecule has 4 rings (SSSR count). The molecule has 0 bridgehead atoms. The maximum absolute atomic E-state index is 5.76. The first kappa shape index (κ1) is 17.4. The molecule has 0 amide bonds. The van der Waals surface area contributed by atoms with E-state index < -0.39 is 0 Å². The molecule has 1 aromatic carbocycles. The van der Waals surface area contributed by atoms with Crippen LogP contribution in [0.5, 0.6) is 23.1 Å². The molecule has 0 saturated carbocycles. The number of fused-ring (bicyclic) bond motifs is 2. The lowest BCUT2D eigenvalue weighted by molar-refractivity contribution is 0.171. The van der Waals surface area contributed by atoms with Gasteiger partial charge in [-0.25, -0.2) is 15.0 Å². The average molecular weight is 389 g/mol. The minimum absolute atomic E-state index is 0.141. The number of aromatic nitrogens is 3. The van der Waals surface area contributed by atoms with E-state index in [0.29, 0.717) is 47.1 Å². The van der Waals surface area contributed by atoms with Crippen molar-refractivity contribution >= 4 is 34.0 Å². The van der Waals surface area contributed by atoms with Crippen LogP contribution < -0.4 is 24.3 Å². The zero-order valence-corrected chi connectivity index (χ0v) is 15.3. The zero-order chi connectivity index (χ0) is 18.6. The highest BCUT2D eigenvalue weighted by molar-refractivity contribution is 6.17. The van der Waals surface area contributed by atoms with Gasteiger partial charge in [0.1, 0.15) is 12.1 Å². The number of halogens is 1. The largest absolute Gasteiger partial charge is 0.493 e. The lowest BCUT2D eigenvalue weighted by atomic mass is 10.2. The van der Waals surface area contributed by atoms with Crippen molar-refractivity contribution in [3.05, 3.63) is 30.7 Å². The molecule has 140 valence electrons. The molecule has 3 heterocycles. The predicted octanol–water partition coefficient (Wildman–Crippen LogP) is 3.51.